The Balaban J connectivity index is 1.98. The molecule has 2 amide bonds. The van der Waals surface area contributed by atoms with Crippen molar-refractivity contribution in [1.29, 1.82) is 0 Å². The first kappa shape index (κ1) is 11.2. The second-order valence-corrected chi connectivity index (χ2v) is 4.38. The maximum atomic E-state index is 11.3. The van der Waals surface area contributed by atoms with Crippen molar-refractivity contribution in [3.05, 3.63) is 0 Å². The molecular weight excluding hydrogens is 210 g/mol. The monoisotopic (exact) mass is 227 g/mol. The van der Waals surface area contributed by atoms with Gasteiger partial charge in [0.2, 0.25) is 5.91 Å². The predicted molar refractivity (Wildman–Crippen MR) is 57.2 cm³/mol. The normalized spacial score (nSPS) is 26.4. The lowest BCUT2D eigenvalue weighted by atomic mass is 10.1. The Morgan fingerprint density at radius 1 is 1.06 bits per heavy atom. The molecule has 0 aromatic rings. The molecule has 0 aromatic heterocycles. The third-order valence-electron chi connectivity index (χ3n) is 3.41. The van der Waals surface area contributed by atoms with E-state index in [0.717, 1.165) is 19.6 Å². The summed E-state index contributed by atoms with van der Waals surface area (Å²) in [5, 5.41) is 8.93. The zero-order valence-electron chi connectivity index (χ0n) is 9.43. The quantitative estimate of drug-likeness (QED) is 0.606. The second-order valence-electron chi connectivity index (χ2n) is 4.38. The molecule has 0 aromatic carbocycles. The van der Waals surface area contributed by atoms with Gasteiger partial charge in [-0.25, -0.2) is 4.79 Å². The molecular formula is C10H17N3O3. The zero-order valence-corrected chi connectivity index (χ0v) is 9.43. The van der Waals surface area contributed by atoms with Gasteiger partial charge in [-0.15, -0.1) is 0 Å². The van der Waals surface area contributed by atoms with Gasteiger partial charge < -0.3 is 14.9 Å². The van der Waals surface area contributed by atoms with Crippen LogP contribution >= 0.6 is 0 Å². The van der Waals surface area contributed by atoms with Crippen molar-refractivity contribution >= 4 is 12.0 Å². The lowest BCUT2D eigenvalue weighted by Gasteiger charge is -2.46. The molecule has 90 valence electrons. The Bertz CT molecular complexity index is 280. The molecule has 0 bridgehead atoms. The first-order valence-corrected chi connectivity index (χ1v) is 5.55. The molecule has 6 heteroatoms. The minimum absolute atomic E-state index is 0.0760. The van der Waals surface area contributed by atoms with E-state index in [1.54, 1.807) is 11.8 Å². The lowest BCUT2D eigenvalue weighted by Crippen LogP contribution is -2.63. The molecule has 0 saturated carbocycles. The van der Waals surface area contributed by atoms with Crippen LogP contribution in [-0.4, -0.2) is 77.1 Å². The number of carboxylic acid groups (broad SMARTS) is 1. The zero-order chi connectivity index (χ0) is 11.7. The van der Waals surface area contributed by atoms with Crippen LogP contribution in [0.3, 0.4) is 0 Å². The number of fused-ring (bicyclic) bond motifs is 1. The van der Waals surface area contributed by atoms with Gasteiger partial charge in [0.1, 0.15) is 0 Å². The highest BCUT2D eigenvalue weighted by molar-refractivity contribution is 5.73. The Kier molecular flexibility index (Phi) is 3.00. The average Bonchev–Trinajstić information content (AvgIpc) is 2.27. The molecule has 2 rings (SSSR count). The molecule has 1 unspecified atom stereocenters. The van der Waals surface area contributed by atoms with Crippen molar-refractivity contribution < 1.29 is 14.7 Å². The Labute approximate surface area is 94.4 Å². The first-order chi connectivity index (χ1) is 7.58. The topological polar surface area (TPSA) is 64.1 Å². The van der Waals surface area contributed by atoms with E-state index in [-0.39, 0.29) is 11.9 Å². The van der Waals surface area contributed by atoms with Crippen molar-refractivity contribution in [3.8, 4) is 0 Å². The molecule has 2 aliphatic rings. The van der Waals surface area contributed by atoms with E-state index in [1.807, 2.05) is 0 Å². The summed E-state index contributed by atoms with van der Waals surface area (Å²) in [7, 11) is 0. The summed E-state index contributed by atoms with van der Waals surface area (Å²) in [4.78, 5) is 27.6. The van der Waals surface area contributed by atoms with Crippen LogP contribution in [0.2, 0.25) is 0 Å². The summed E-state index contributed by atoms with van der Waals surface area (Å²) in [6.45, 7) is 5.71. The Hall–Kier alpha value is -1.30. The predicted octanol–water partition coefficient (Wildman–Crippen LogP) is -0.487. The van der Waals surface area contributed by atoms with E-state index in [0.29, 0.717) is 19.6 Å². The molecule has 1 N–H and O–H groups in total. The van der Waals surface area contributed by atoms with Crippen LogP contribution in [0.1, 0.15) is 6.92 Å². The number of nitrogens with zero attached hydrogens (tertiary/aromatic N) is 3. The number of hydrogen-bond donors (Lipinski definition) is 1. The first-order valence-electron chi connectivity index (χ1n) is 5.55. The maximum absolute atomic E-state index is 11.3. The fraction of sp³-hybridized carbons (Fsp3) is 0.800. The van der Waals surface area contributed by atoms with E-state index < -0.39 is 6.09 Å². The molecule has 1 atom stereocenters. The Morgan fingerprint density at radius 2 is 1.62 bits per heavy atom. The highest BCUT2D eigenvalue weighted by Crippen LogP contribution is 2.15. The fourth-order valence-electron chi connectivity index (χ4n) is 2.42. The number of amides is 2. The van der Waals surface area contributed by atoms with Crippen molar-refractivity contribution in [1.82, 2.24) is 14.7 Å². The summed E-state index contributed by atoms with van der Waals surface area (Å²) < 4.78 is 0. The fourth-order valence-corrected chi connectivity index (χ4v) is 2.42. The van der Waals surface area contributed by atoms with Gasteiger partial charge in [-0.1, -0.05) is 0 Å². The summed E-state index contributed by atoms with van der Waals surface area (Å²) in [5.41, 5.74) is 0. The molecule has 2 saturated heterocycles. The van der Waals surface area contributed by atoms with Crippen LogP contribution in [0.5, 0.6) is 0 Å². The van der Waals surface area contributed by atoms with E-state index in [1.165, 1.54) is 4.90 Å². The van der Waals surface area contributed by atoms with Crippen LogP contribution < -0.4 is 0 Å². The SMILES string of the molecule is CC(=O)N1CCN2CCN(C(=O)O)CC2C1. The highest BCUT2D eigenvalue weighted by atomic mass is 16.4. The molecule has 16 heavy (non-hydrogen) atoms. The van der Waals surface area contributed by atoms with Crippen LogP contribution in [0, 0.1) is 0 Å². The molecule has 2 aliphatic heterocycles. The maximum Gasteiger partial charge on any atom is 0.407 e. The number of hydrogen-bond acceptors (Lipinski definition) is 3. The van der Waals surface area contributed by atoms with Crippen LogP contribution in [0.15, 0.2) is 0 Å². The van der Waals surface area contributed by atoms with E-state index in [9.17, 15) is 9.59 Å². The van der Waals surface area contributed by atoms with Gasteiger partial charge in [0, 0.05) is 52.2 Å². The van der Waals surface area contributed by atoms with E-state index >= 15 is 0 Å². The summed E-state index contributed by atoms with van der Waals surface area (Å²) in [5.74, 6) is 0.0760. The standard InChI is InChI=1S/C10H17N3O3/c1-8(14)12-4-2-11-3-5-13(10(15)16)7-9(11)6-12/h9H,2-7H2,1H3,(H,15,16). The molecule has 2 fully saturated rings. The highest BCUT2D eigenvalue weighted by Gasteiger charge is 2.34. The van der Waals surface area contributed by atoms with E-state index in [2.05, 4.69) is 4.90 Å². The van der Waals surface area contributed by atoms with Gasteiger partial charge in [0.05, 0.1) is 0 Å². The van der Waals surface area contributed by atoms with Gasteiger partial charge in [0.25, 0.3) is 0 Å². The number of rotatable bonds is 0. The van der Waals surface area contributed by atoms with Gasteiger partial charge in [-0.3, -0.25) is 9.69 Å². The smallest absolute Gasteiger partial charge is 0.407 e. The van der Waals surface area contributed by atoms with Crippen LogP contribution in [-0.2, 0) is 4.79 Å². The average molecular weight is 227 g/mol. The van der Waals surface area contributed by atoms with E-state index in [4.69, 9.17) is 5.11 Å². The summed E-state index contributed by atoms with van der Waals surface area (Å²) in [6, 6.07) is 0.169. The van der Waals surface area contributed by atoms with Gasteiger partial charge in [0.15, 0.2) is 0 Å². The van der Waals surface area contributed by atoms with Gasteiger partial charge >= 0.3 is 6.09 Å². The van der Waals surface area contributed by atoms with Gasteiger partial charge in [-0.05, 0) is 0 Å². The minimum Gasteiger partial charge on any atom is -0.465 e. The molecule has 0 aliphatic carbocycles. The molecule has 6 nitrogen and oxygen atoms in total. The largest absolute Gasteiger partial charge is 0.465 e. The third-order valence-corrected chi connectivity index (χ3v) is 3.41. The Morgan fingerprint density at radius 3 is 2.19 bits per heavy atom. The summed E-state index contributed by atoms with van der Waals surface area (Å²) in [6.07, 6.45) is -0.861. The molecule has 2 heterocycles. The summed E-state index contributed by atoms with van der Waals surface area (Å²) >= 11 is 0. The third kappa shape index (κ3) is 2.11. The second kappa shape index (κ2) is 4.29. The molecule has 0 spiro atoms. The lowest BCUT2D eigenvalue weighted by molar-refractivity contribution is -0.132. The van der Waals surface area contributed by atoms with Crippen molar-refractivity contribution in [2.45, 2.75) is 13.0 Å². The van der Waals surface area contributed by atoms with Crippen molar-refractivity contribution in [3.63, 3.8) is 0 Å². The van der Waals surface area contributed by atoms with Gasteiger partial charge in [-0.2, -0.15) is 0 Å². The van der Waals surface area contributed by atoms with Crippen LogP contribution in [0.4, 0.5) is 4.79 Å². The minimum atomic E-state index is -0.861. The number of carbonyl (C=O) groups is 2. The molecule has 0 radical (unpaired) electrons. The van der Waals surface area contributed by atoms with Crippen molar-refractivity contribution in [2.75, 3.05) is 39.3 Å². The van der Waals surface area contributed by atoms with Crippen molar-refractivity contribution in [2.24, 2.45) is 0 Å². The number of piperazine rings is 2. The number of carbonyl (C=O) groups excluding carboxylic acids is 1. The van der Waals surface area contributed by atoms with Crippen LogP contribution in [0.25, 0.3) is 0 Å².